The first-order valence-electron chi connectivity index (χ1n) is 8.07. The maximum absolute atomic E-state index is 12.9. The normalized spacial score (nSPS) is 21.3. The van der Waals surface area contributed by atoms with Crippen molar-refractivity contribution >= 4 is 40.1 Å². The Balaban J connectivity index is 1.84. The number of nitrogens with zero attached hydrogens (tertiary/aromatic N) is 3. The molecule has 1 atom stereocenters. The smallest absolute Gasteiger partial charge is 0.350 e. The van der Waals surface area contributed by atoms with Gasteiger partial charge in [-0.05, 0) is 32.9 Å². The third kappa shape index (κ3) is 3.17. The molecule has 3 rings (SSSR count). The number of aromatic nitrogens is 1. The van der Waals surface area contributed by atoms with E-state index < -0.39 is 17.4 Å². The number of fused-ring (bicyclic) bond motifs is 1. The first-order chi connectivity index (χ1) is 12.3. The number of hydrogen-bond donors (Lipinski definition) is 1. The van der Waals surface area contributed by atoms with Crippen molar-refractivity contribution in [2.75, 3.05) is 11.9 Å². The van der Waals surface area contributed by atoms with E-state index in [1.807, 2.05) is 0 Å². The highest BCUT2D eigenvalue weighted by Gasteiger charge is 2.45. The van der Waals surface area contributed by atoms with Gasteiger partial charge in [0.05, 0.1) is 18.7 Å². The number of rotatable bonds is 4. The molecule has 0 spiro atoms. The van der Waals surface area contributed by atoms with E-state index in [1.165, 1.54) is 0 Å². The molecule has 1 aromatic rings. The van der Waals surface area contributed by atoms with Crippen LogP contribution >= 0.6 is 11.3 Å². The first-order valence-corrected chi connectivity index (χ1v) is 8.88. The molecule has 0 fully saturated rings. The fourth-order valence-electron chi connectivity index (χ4n) is 2.75. The highest BCUT2D eigenvalue weighted by molar-refractivity contribution is 7.17. The summed E-state index contributed by atoms with van der Waals surface area (Å²) in [5.74, 6) is -0.816. The van der Waals surface area contributed by atoms with Gasteiger partial charge in [-0.25, -0.2) is 9.78 Å². The number of allylic oxidation sites excluding steroid dienone is 2. The summed E-state index contributed by atoms with van der Waals surface area (Å²) in [6.45, 7) is 5.32. The molecule has 2 amide bonds. The van der Waals surface area contributed by atoms with Gasteiger partial charge >= 0.3 is 5.97 Å². The van der Waals surface area contributed by atoms with Crippen molar-refractivity contribution in [1.29, 1.82) is 0 Å². The van der Waals surface area contributed by atoms with Gasteiger partial charge in [0.25, 0.3) is 11.8 Å². The summed E-state index contributed by atoms with van der Waals surface area (Å²) in [5.41, 5.74) is -0.657. The zero-order valence-corrected chi connectivity index (χ0v) is 15.4. The number of amides is 2. The lowest BCUT2D eigenvalue weighted by Gasteiger charge is -2.41. The van der Waals surface area contributed by atoms with Crippen molar-refractivity contribution in [3.8, 4) is 0 Å². The molecule has 136 valence electrons. The van der Waals surface area contributed by atoms with E-state index >= 15 is 0 Å². The number of amidine groups is 1. The molecule has 0 radical (unpaired) electrons. The lowest BCUT2D eigenvalue weighted by molar-refractivity contribution is -0.130. The molecule has 2 aliphatic heterocycles. The Morgan fingerprint density at radius 2 is 2.19 bits per heavy atom. The third-order valence-corrected chi connectivity index (χ3v) is 5.12. The molecule has 0 bridgehead atoms. The van der Waals surface area contributed by atoms with Crippen LogP contribution < -0.4 is 5.32 Å². The van der Waals surface area contributed by atoms with Crippen LogP contribution in [0.2, 0.25) is 0 Å². The summed E-state index contributed by atoms with van der Waals surface area (Å²) < 4.78 is 4.98. The maximum Gasteiger partial charge on any atom is 0.350 e. The first kappa shape index (κ1) is 18.0. The molecule has 9 heteroatoms. The van der Waals surface area contributed by atoms with Crippen LogP contribution in [-0.4, -0.2) is 45.6 Å². The quantitative estimate of drug-likeness (QED) is 0.810. The van der Waals surface area contributed by atoms with Crippen LogP contribution in [-0.2, 0) is 14.3 Å². The summed E-state index contributed by atoms with van der Waals surface area (Å²) in [6, 6.07) is 0. The number of aryl methyl sites for hydroxylation is 1. The Hall–Kier alpha value is -2.81. The number of anilines is 1. The van der Waals surface area contributed by atoms with Gasteiger partial charge in [-0.15, -0.1) is 0 Å². The van der Waals surface area contributed by atoms with E-state index in [2.05, 4.69) is 15.3 Å². The Labute approximate surface area is 154 Å². The van der Waals surface area contributed by atoms with E-state index in [-0.39, 0.29) is 24.1 Å². The third-order valence-electron chi connectivity index (χ3n) is 4.07. The minimum atomic E-state index is -1.14. The molecule has 2 aliphatic rings. The average Bonchev–Trinajstić information content (AvgIpc) is 2.95. The minimum absolute atomic E-state index is 0.0599. The lowest BCUT2D eigenvalue weighted by Crippen LogP contribution is -2.58. The number of nitrogens with one attached hydrogen (secondary N) is 1. The van der Waals surface area contributed by atoms with Crippen LogP contribution in [0.1, 0.15) is 35.6 Å². The van der Waals surface area contributed by atoms with E-state index in [4.69, 9.17) is 4.74 Å². The Morgan fingerprint density at radius 3 is 2.92 bits per heavy atom. The van der Waals surface area contributed by atoms with Gasteiger partial charge in [0.1, 0.15) is 16.3 Å². The van der Waals surface area contributed by atoms with E-state index in [9.17, 15) is 14.4 Å². The number of ether oxygens (including phenoxy) is 1. The molecule has 8 nitrogen and oxygen atoms in total. The highest BCUT2D eigenvalue weighted by Crippen LogP contribution is 2.31. The van der Waals surface area contributed by atoms with Gasteiger partial charge in [-0.3, -0.25) is 14.9 Å². The van der Waals surface area contributed by atoms with Crippen LogP contribution in [0, 0.1) is 6.92 Å². The highest BCUT2D eigenvalue weighted by atomic mass is 32.1. The Kier molecular flexibility index (Phi) is 4.73. The van der Waals surface area contributed by atoms with E-state index in [0.717, 1.165) is 11.3 Å². The number of aliphatic imine (C=N–C) groups is 1. The maximum atomic E-state index is 12.9. The fraction of sp³-hybridized carbons (Fsp3) is 0.353. The number of hydrogen-bond acceptors (Lipinski definition) is 7. The molecule has 0 saturated heterocycles. The summed E-state index contributed by atoms with van der Waals surface area (Å²) in [7, 11) is 0. The predicted octanol–water partition coefficient (Wildman–Crippen LogP) is 2.04. The molecule has 0 aromatic carbocycles. The number of thiazole rings is 1. The Morgan fingerprint density at radius 1 is 1.42 bits per heavy atom. The van der Waals surface area contributed by atoms with Crippen LogP contribution in [0.4, 0.5) is 5.13 Å². The summed E-state index contributed by atoms with van der Waals surface area (Å²) >= 11 is 1.05. The fourth-order valence-corrected chi connectivity index (χ4v) is 3.60. The van der Waals surface area contributed by atoms with Crippen molar-refractivity contribution < 1.29 is 19.1 Å². The van der Waals surface area contributed by atoms with Gasteiger partial charge in [0.2, 0.25) is 0 Å². The van der Waals surface area contributed by atoms with Gasteiger partial charge in [-0.2, -0.15) is 4.99 Å². The second-order valence-electron chi connectivity index (χ2n) is 5.99. The second kappa shape index (κ2) is 6.83. The number of carbonyl (C=O) groups is 3. The molecule has 1 aromatic heterocycles. The molecule has 1 N–H and O–H groups in total. The topological polar surface area (TPSA) is 101 Å². The standard InChI is InChI=1S/C17H18N4O4S/c1-4-25-14(23)13-10(2)18-16(26-13)20-15(24)17(3)9-12(22)19-11-7-5-6-8-21(11)17/h5-8H,4,9H2,1-3H3,(H,18,20,24)/t17-/m0/s1. The molecule has 0 aliphatic carbocycles. The zero-order chi connectivity index (χ0) is 18.9. The summed E-state index contributed by atoms with van der Waals surface area (Å²) in [5, 5.41) is 3.00. The van der Waals surface area contributed by atoms with Crippen LogP contribution in [0.5, 0.6) is 0 Å². The van der Waals surface area contributed by atoms with E-state index in [0.29, 0.717) is 16.4 Å². The van der Waals surface area contributed by atoms with Crippen molar-refractivity contribution in [2.24, 2.45) is 4.99 Å². The monoisotopic (exact) mass is 374 g/mol. The number of esters is 1. The van der Waals surface area contributed by atoms with Crippen LogP contribution in [0.3, 0.4) is 0 Å². The van der Waals surface area contributed by atoms with Crippen molar-refractivity contribution in [2.45, 2.75) is 32.7 Å². The van der Waals surface area contributed by atoms with Gasteiger partial charge in [0.15, 0.2) is 5.13 Å². The molecular formula is C17H18N4O4S. The van der Waals surface area contributed by atoms with Gasteiger partial charge in [-0.1, -0.05) is 17.4 Å². The van der Waals surface area contributed by atoms with Crippen molar-refractivity contribution in [3.63, 3.8) is 0 Å². The van der Waals surface area contributed by atoms with Gasteiger partial charge in [0, 0.05) is 6.20 Å². The van der Waals surface area contributed by atoms with Crippen LogP contribution in [0.15, 0.2) is 29.4 Å². The second-order valence-corrected chi connectivity index (χ2v) is 6.99. The lowest BCUT2D eigenvalue weighted by atomic mass is 9.91. The largest absolute Gasteiger partial charge is 0.462 e. The molecular weight excluding hydrogens is 356 g/mol. The zero-order valence-electron chi connectivity index (χ0n) is 14.6. The molecule has 0 saturated carbocycles. The summed E-state index contributed by atoms with van der Waals surface area (Å²) in [4.78, 5) is 47.0. The molecule has 26 heavy (non-hydrogen) atoms. The Bertz CT molecular complexity index is 870. The SMILES string of the molecule is CCOC(=O)c1sc(NC(=O)[C@]2(C)CC(=O)N=C3C=CC=CN32)nc1C. The minimum Gasteiger partial charge on any atom is -0.462 e. The predicted molar refractivity (Wildman–Crippen MR) is 97.0 cm³/mol. The number of carbonyl (C=O) groups excluding carboxylic acids is 3. The van der Waals surface area contributed by atoms with Crippen molar-refractivity contribution in [1.82, 2.24) is 9.88 Å². The van der Waals surface area contributed by atoms with Crippen LogP contribution in [0.25, 0.3) is 0 Å². The average molecular weight is 374 g/mol. The molecule has 3 heterocycles. The van der Waals surface area contributed by atoms with Gasteiger partial charge < -0.3 is 9.64 Å². The summed E-state index contributed by atoms with van der Waals surface area (Å²) in [6.07, 6.45) is 6.85. The molecule has 0 unspecified atom stereocenters. The van der Waals surface area contributed by atoms with Crippen molar-refractivity contribution in [3.05, 3.63) is 35.0 Å². The van der Waals surface area contributed by atoms with E-state index in [1.54, 1.807) is 50.1 Å².